The van der Waals surface area contributed by atoms with E-state index in [1.54, 1.807) is 36.2 Å². The first-order valence-corrected chi connectivity index (χ1v) is 8.33. The van der Waals surface area contributed by atoms with Crippen molar-refractivity contribution in [1.29, 1.82) is 0 Å². The molecule has 4 heteroatoms. The second-order valence-electron chi connectivity index (χ2n) is 6.81. The predicted molar refractivity (Wildman–Crippen MR) is 96.8 cm³/mol. The largest absolute Gasteiger partial charge is 0.314 e. The van der Waals surface area contributed by atoms with Gasteiger partial charge in [-0.15, -0.1) is 0 Å². The maximum absolute atomic E-state index is 12.9. The Balaban J connectivity index is 1.99. The SMILES string of the molecule is CC(=O)C(C[C@]1(C)C(=O)N(C)c2ccccc21)C(=O)c1ccccc1. The van der Waals surface area contributed by atoms with Crippen LogP contribution < -0.4 is 4.90 Å². The van der Waals surface area contributed by atoms with Crippen LogP contribution in [-0.2, 0) is 15.0 Å². The number of Topliss-reactive ketones (excluding diaryl/α,β-unsaturated/α-hetero) is 2. The average molecular weight is 335 g/mol. The van der Waals surface area contributed by atoms with E-state index >= 15 is 0 Å². The number of fused-ring (bicyclic) bond motifs is 1. The van der Waals surface area contributed by atoms with Gasteiger partial charge in [-0.2, -0.15) is 0 Å². The van der Waals surface area contributed by atoms with Crippen LogP contribution in [-0.4, -0.2) is 24.5 Å². The summed E-state index contributed by atoms with van der Waals surface area (Å²) in [5.74, 6) is -1.36. The van der Waals surface area contributed by atoms with Crippen LogP contribution in [0.2, 0.25) is 0 Å². The van der Waals surface area contributed by atoms with Crippen LogP contribution in [0.1, 0.15) is 36.2 Å². The minimum Gasteiger partial charge on any atom is -0.314 e. The maximum Gasteiger partial charge on any atom is 0.237 e. The summed E-state index contributed by atoms with van der Waals surface area (Å²) in [6.45, 7) is 3.25. The molecule has 0 aliphatic carbocycles. The molecule has 2 aromatic rings. The van der Waals surface area contributed by atoms with Crippen LogP contribution in [0.15, 0.2) is 54.6 Å². The first-order valence-electron chi connectivity index (χ1n) is 8.33. The third-order valence-electron chi connectivity index (χ3n) is 5.11. The van der Waals surface area contributed by atoms with Gasteiger partial charge >= 0.3 is 0 Å². The van der Waals surface area contributed by atoms with Crippen LogP contribution in [0.3, 0.4) is 0 Å². The van der Waals surface area contributed by atoms with Crippen molar-refractivity contribution in [2.45, 2.75) is 25.7 Å². The van der Waals surface area contributed by atoms with Gasteiger partial charge in [0.05, 0.1) is 11.3 Å². The van der Waals surface area contributed by atoms with E-state index in [2.05, 4.69) is 0 Å². The number of anilines is 1. The van der Waals surface area contributed by atoms with Gasteiger partial charge in [-0.25, -0.2) is 0 Å². The number of amides is 1. The summed E-state index contributed by atoms with van der Waals surface area (Å²) >= 11 is 0. The van der Waals surface area contributed by atoms with Crippen molar-refractivity contribution in [2.75, 3.05) is 11.9 Å². The number of ketones is 2. The topological polar surface area (TPSA) is 54.5 Å². The van der Waals surface area contributed by atoms with E-state index in [-0.39, 0.29) is 23.9 Å². The van der Waals surface area contributed by atoms with E-state index in [1.807, 2.05) is 37.3 Å². The van der Waals surface area contributed by atoms with E-state index in [0.717, 1.165) is 11.3 Å². The number of nitrogens with zero attached hydrogens (tertiary/aromatic N) is 1. The van der Waals surface area contributed by atoms with E-state index in [0.29, 0.717) is 5.56 Å². The van der Waals surface area contributed by atoms with E-state index in [1.165, 1.54) is 6.92 Å². The highest BCUT2D eigenvalue weighted by Crippen LogP contribution is 2.45. The monoisotopic (exact) mass is 335 g/mol. The zero-order valence-electron chi connectivity index (χ0n) is 14.7. The second kappa shape index (κ2) is 6.28. The third-order valence-corrected chi connectivity index (χ3v) is 5.11. The molecule has 4 nitrogen and oxygen atoms in total. The van der Waals surface area contributed by atoms with Gasteiger partial charge in [-0.1, -0.05) is 48.5 Å². The summed E-state index contributed by atoms with van der Waals surface area (Å²) in [7, 11) is 1.73. The molecule has 0 fully saturated rings. The van der Waals surface area contributed by atoms with Crippen molar-refractivity contribution in [2.24, 2.45) is 5.92 Å². The van der Waals surface area contributed by atoms with Gasteiger partial charge in [0, 0.05) is 18.3 Å². The Bertz CT molecular complexity index is 843. The predicted octanol–water partition coefficient (Wildman–Crippen LogP) is 3.40. The van der Waals surface area contributed by atoms with Crippen LogP contribution in [0.5, 0.6) is 0 Å². The fourth-order valence-electron chi connectivity index (χ4n) is 3.66. The number of rotatable bonds is 5. The number of para-hydroxylation sites is 1. The zero-order chi connectivity index (χ0) is 18.2. The lowest BCUT2D eigenvalue weighted by atomic mass is 9.73. The van der Waals surface area contributed by atoms with E-state index in [9.17, 15) is 14.4 Å². The quantitative estimate of drug-likeness (QED) is 0.621. The van der Waals surface area contributed by atoms with Crippen LogP contribution in [0, 0.1) is 5.92 Å². The normalized spacial score (nSPS) is 20.3. The number of hydrogen-bond acceptors (Lipinski definition) is 3. The standard InChI is InChI=1S/C21H21NO3/c1-14(23)16(19(24)15-9-5-4-6-10-15)13-21(2)17-11-7-8-12-18(17)22(3)20(21)25/h4-12,16H,13H2,1-3H3/t16?,21-/m0/s1. The highest BCUT2D eigenvalue weighted by molar-refractivity contribution is 6.12. The van der Waals surface area contributed by atoms with Crippen molar-refractivity contribution >= 4 is 23.2 Å². The average Bonchev–Trinajstić information content (AvgIpc) is 2.82. The molecule has 25 heavy (non-hydrogen) atoms. The fourth-order valence-corrected chi connectivity index (χ4v) is 3.66. The maximum atomic E-state index is 12.9. The Morgan fingerprint density at radius 2 is 1.64 bits per heavy atom. The Hall–Kier alpha value is -2.75. The molecule has 2 atom stereocenters. The zero-order valence-corrected chi connectivity index (χ0v) is 14.7. The molecule has 3 rings (SSSR count). The molecule has 0 spiro atoms. The van der Waals surface area contributed by atoms with Crippen LogP contribution in [0.25, 0.3) is 0 Å². The van der Waals surface area contributed by atoms with Gasteiger partial charge in [-0.05, 0) is 31.9 Å². The number of benzene rings is 2. The molecule has 0 saturated carbocycles. The lowest BCUT2D eigenvalue weighted by Crippen LogP contribution is -2.40. The van der Waals surface area contributed by atoms with Gasteiger partial charge < -0.3 is 4.90 Å². The van der Waals surface area contributed by atoms with Crippen LogP contribution in [0.4, 0.5) is 5.69 Å². The van der Waals surface area contributed by atoms with E-state index in [4.69, 9.17) is 0 Å². The molecule has 1 unspecified atom stereocenters. The lowest BCUT2D eigenvalue weighted by Gasteiger charge is -2.27. The number of hydrogen-bond donors (Lipinski definition) is 0. The molecule has 1 aliphatic heterocycles. The molecule has 0 radical (unpaired) electrons. The molecule has 0 bridgehead atoms. The Morgan fingerprint density at radius 1 is 1.04 bits per heavy atom. The molecular formula is C21H21NO3. The summed E-state index contributed by atoms with van der Waals surface area (Å²) in [5.41, 5.74) is 1.32. The lowest BCUT2D eigenvalue weighted by molar-refractivity contribution is -0.124. The van der Waals surface area contributed by atoms with Crippen molar-refractivity contribution in [3.63, 3.8) is 0 Å². The Kier molecular flexibility index (Phi) is 4.29. The Morgan fingerprint density at radius 3 is 2.28 bits per heavy atom. The first-order chi connectivity index (χ1) is 11.9. The molecule has 1 amide bonds. The minimum atomic E-state index is -0.883. The molecule has 1 heterocycles. The Labute approximate surface area is 147 Å². The van der Waals surface area contributed by atoms with Crippen molar-refractivity contribution in [3.05, 3.63) is 65.7 Å². The minimum absolute atomic E-state index is 0.0826. The van der Waals surface area contributed by atoms with Crippen molar-refractivity contribution in [3.8, 4) is 0 Å². The molecule has 1 aliphatic rings. The number of carbonyl (C=O) groups is 3. The van der Waals surface area contributed by atoms with Gasteiger partial charge in [-0.3, -0.25) is 14.4 Å². The molecule has 0 aromatic heterocycles. The fraction of sp³-hybridized carbons (Fsp3) is 0.286. The highest BCUT2D eigenvalue weighted by Gasteiger charge is 2.48. The van der Waals surface area contributed by atoms with Gasteiger partial charge in [0.1, 0.15) is 5.78 Å². The number of likely N-dealkylation sites (N-methyl/N-ethyl adjacent to an activating group) is 1. The summed E-state index contributed by atoms with van der Waals surface area (Å²) in [4.78, 5) is 39.6. The molecule has 0 N–H and O–H groups in total. The molecule has 2 aromatic carbocycles. The van der Waals surface area contributed by atoms with Gasteiger partial charge in [0.15, 0.2) is 5.78 Å². The van der Waals surface area contributed by atoms with Gasteiger partial charge in [0.25, 0.3) is 0 Å². The molecular weight excluding hydrogens is 314 g/mol. The summed E-state index contributed by atoms with van der Waals surface area (Å²) in [5, 5.41) is 0. The van der Waals surface area contributed by atoms with Crippen molar-refractivity contribution < 1.29 is 14.4 Å². The smallest absolute Gasteiger partial charge is 0.237 e. The first kappa shape index (κ1) is 17.1. The summed E-state index contributed by atoms with van der Waals surface area (Å²) in [6, 6.07) is 16.3. The van der Waals surface area contributed by atoms with Crippen molar-refractivity contribution in [1.82, 2.24) is 0 Å². The second-order valence-corrected chi connectivity index (χ2v) is 6.81. The molecule has 128 valence electrons. The summed E-state index contributed by atoms with van der Waals surface area (Å²) in [6.07, 6.45) is 0.177. The summed E-state index contributed by atoms with van der Waals surface area (Å²) < 4.78 is 0. The van der Waals surface area contributed by atoms with Gasteiger partial charge in [0.2, 0.25) is 5.91 Å². The van der Waals surface area contributed by atoms with Crippen LogP contribution >= 0.6 is 0 Å². The highest BCUT2D eigenvalue weighted by atomic mass is 16.2. The molecule has 0 saturated heterocycles. The number of carbonyl (C=O) groups excluding carboxylic acids is 3. The van der Waals surface area contributed by atoms with E-state index < -0.39 is 11.3 Å². The third kappa shape index (κ3) is 2.78.